The van der Waals surface area contributed by atoms with Crippen LogP contribution < -0.4 is 5.32 Å². The molecule has 0 bridgehead atoms. The van der Waals surface area contributed by atoms with Crippen molar-refractivity contribution < 1.29 is 18.0 Å². The molecule has 1 aromatic rings. The van der Waals surface area contributed by atoms with Crippen LogP contribution in [0.1, 0.15) is 43.9 Å². The van der Waals surface area contributed by atoms with Crippen molar-refractivity contribution in [1.29, 1.82) is 0 Å². The fourth-order valence-corrected chi connectivity index (χ4v) is 1.53. The summed E-state index contributed by atoms with van der Waals surface area (Å²) in [4.78, 5) is 10.8. The van der Waals surface area contributed by atoms with Crippen molar-refractivity contribution in [3.63, 3.8) is 0 Å². The second-order valence-corrected chi connectivity index (χ2v) is 4.51. The Balaban J connectivity index is 2.73. The molecule has 0 aliphatic heterocycles. The monoisotopic (exact) mass is 259 g/mol. The van der Waals surface area contributed by atoms with Gasteiger partial charge in [-0.15, -0.1) is 0 Å². The molecule has 5 heteroatoms. The molecule has 1 N–H and O–H groups in total. The summed E-state index contributed by atoms with van der Waals surface area (Å²) in [6.45, 7) is 5.59. The van der Waals surface area contributed by atoms with Crippen LogP contribution in [0, 0.1) is 0 Å². The summed E-state index contributed by atoms with van der Waals surface area (Å²) in [6.07, 6.45) is -4.84. The number of alkyl halides is 3. The third-order valence-electron chi connectivity index (χ3n) is 2.71. The van der Waals surface area contributed by atoms with Crippen molar-refractivity contribution in [2.45, 2.75) is 38.9 Å². The van der Waals surface area contributed by atoms with Gasteiger partial charge in [-0.05, 0) is 24.0 Å². The summed E-state index contributed by atoms with van der Waals surface area (Å²) in [6, 6.07) is 6.51. The van der Waals surface area contributed by atoms with Gasteiger partial charge >= 0.3 is 12.1 Å². The van der Waals surface area contributed by atoms with Crippen LogP contribution in [0.15, 0.2) is 24.3 Å². The minimum atomic E-state index is -4.84. The van der Waals surface area contributed by atoms with Gasteiger partial charge in [-0.3, -0.25) is 4.79 Å². The first-order valence-electron chi connectivity index (χ1n) is 5.69. The molecule has 1 rings (SSSR count). The third-order valence-corrected chi connectivity index (χ3v) is 2.71. The Morgan fingerprint density at radius 3 is 1.89 bits per heavy atom. The number of carbonyl (C=O) groups is 1. The number of hydrogen-bond acceptors (Lipinski definition) is 1. The second-order valence-electron chi connectivity index (χ2n) is 4.51. The molecule has 2 nitrogen and oxygen atoms in total. The quantitative estimate of drug-likeness (QED) is 0.883. The average molecular weight is 259 g/mol. The lowest BCUT2D eigenvalue weighted by Crippen LogP contribution is -2.38. The van der Waals surface area contributed by atoms with Crippen LogP contribution in [-0.4, -0.2) is 12.1 Å². The molecule has 1 atom stereocenters. The SMILES string of the molecule is CC(C)c1ccc(C(C)NC(=O)C(F)(F)F)cc1. The van der Waals surface area contributed by atoms with E-state index in [1.807, 2.05) is 31.3 Å². The second kappa shape index (κ2) is 5.42. The molecule has 1 unspecified atom stereocenters. The average Bonchev–Trinajstić information content (AvgIpc) is 2.27. The van der Waals surface area contributed by atoms with Crippen molar-refractivity contribution in [2.24, 2.45) is 0 Å². The minimum absolute atomic E-state index is 0.360. The van der Waals surface area contributed by atoms with E-state index in [4.69, 9.17) is 0 Å². The number of halogens is 3. The van der Waals surface area contributed by atoms with Gasteiger partial charge in [-0.25, -0.2) is 0 Å². The van der Waals surface area contributed by atoms with Gasteiger partial charge in [0.25, 0.3) is 0 Å². The number of carbonyl (C=O) groups excluding carboxylic acids is 1. The number of benzene rings is 1. The van der Waals surface area contributed by atoms with Gasteiger partial charge in [0.1, 0.15) is 0 Å². The van der Waals surface area contributed by atoms with Gasteiger partial charge in [0.05, 0.1) is 6.04 Å². The lowest BCUT2D eigenvalue weighted by Gasteiger charge is -2.16. The van der Waals surface area contributed by atoms with E-state index in [2.05, 4.69) is 0 Å². The van der Waals surface area contributed by atoms with E-state index >= 15 is 0 Å². The molecule has 0 heterocycles. The van der Waals surface area contributed by atoms with Crippen molar-refractivity contribution in [3.8, 4) is 0 Å². The Labute approximate surface area is 104 Å². The topological polar surface area (TPSA) is 29.1 Å². The van der Waals surface area contributed by atoms with Gasteiger partial charge in [-0.2, -0.15) is 13.2 Å². The Kier molecular flexibility index (Phi) is 4.38. The zero-order valence-corrected chi connectivity index (χ0v) is 10.5. The van der Waals surface area contributed by atoms with Crippen LogP contribution >= 0.6 is 0 Å². The molecule has 0 aliphatic rings. The molecule has 0 saturated heterocycles. The molecule has 0 aromatic heterocycles. The van der Waals surface area contributed by atoms with Crippen LogP contribution in [0.25, 0.3) is 0 Å². The molecule has 0 saturated carbocycles. The molecule has 0 radical (unpaired) electrons. The molecule has 0 spiro atoms. The highest BCUT2D eigenvalue weighted by Crippen LogP contribution is 2.20. The molecular formula is C13H16F3NO. The highest BCUT2D eigenvalue weighted by molar-refractivity contribution is 5.82. The first-order chi connectivity index (χ1) is 8.21. The van der Waals surface area contributed by atoms with E-state index < -0.39 is 18.1 Å². The number of amides is 1. The van der Waals surface area contributed by atoms with Crippen molar-refractivity contribution in [1.82, 2.24) is 5.32 Å². The summed E-state index contributed by atoms with van der Waals surface area (Å²) in [5.74, 6) is -1.55. The highest BCUT2D eigenvalue weighted by atomic mass is 19.4. The zero-order valence-electron chi connectivity index (χ0n) is 10.5. The van der Waals surface area contributed by atoms with Crippen LogP contribution in [0.3, 0.4) is 0 Å². The zero-order chi connectivity index (χ0) is 13.9. The van der Waals surface area contributed by atoms with Crippen LogP contribution in [0.5, 0.6) is 0 Å². The number of nitrogens with one attached hydrogen (secondary N) is 1. The molecule has 1 amide bonds. The fourth-order valence-electron chi connectivity index (χ4n) is 1.53. The predicted molar refractivity (Wildman–Crippen MR) is 63.1 cm³/mol. The number of rotatable bonds is 3. The lowest BCUT2D eigenvalue weighted by atomic mass is 9.99. The van der Waals surface area contributed by atoms with E-state index in [0.717, 1.165) is 5.56 Å². The Morgan fingerprint density at radius 2 is 1.50 bits per heavy atom. The Morgan fingerprint density at radius 1 is 1.06 bits per heavy atom. The van der Waals surface area contributed by atoms with Crippen LogP contribution in [0.2, 0.25) is 0 Å². The Hall–Kier alpha value is -1.52. The first kappa shape index (κ1) is 14.5. The molecule has 0 aliphatic carbocycles. The smallest absolute Gasteiger partial charge is 0.342 e. The summed E-state index contributed by atoms with van der Waals surface area (Å²) >= 11 is 0. The molecule has 100 valence electrons. The summed E-state index contributed by atoms with van der Waals surface area (Å²) < 4.78 is 36.2. The number of hydrogen-bond donors (Lipinski definition) is 1. The largest absolute Gasteiger partial charge is 0.471 e. The standard InChI is InChI=1S/C13H16F3NO/c1-8(2)10-4-6-11(7-5-10)9(3)17-12(18)13(14,15)16/h4-9H,1-3H3,(H,17,18). The van der Waals surface area contributed by atoms with E-state index in [1.54, 1.807) is 12.1 Å². The van der Waals surface area contributed by atoms with Crippen molar-refractivity contribution in [3.05, 3.63) is 35.4 Å². The van der Waals surface area contributed by atoms with Crippen molar-refractivity contribution in [2.75, 3.05) is 0 Å². The van der Waals surface area contributed by atoms with E-state index in [-0.39, 0.29) is 0 Å². The Bertz CT molecular complexity index is 409. The van der Waals surface area contributed by atoms with Gasteiger partial charge in [0, 0.05) is 0 Å². The van der Waals surface area contributed by atoms with E-state index in [1.165, 1.54) is 6.92 Å². The summed E-state index contributed by atoms with van der Waals surface area (Å²) in [5.41, 5.74) is 1.75. The maximum absolute atomic E-state index is 12.1. The molecule has 18 heavy (non-hydrogen) atoms. The third kappa shape index (κ3) is 3.75. The van der Waals surface area contributed by atoms with Gasteiger partial charge in [0.15, 0.2) is 0 Å². The minimum Gasteiger partial charge on any atom is -0.342 e. The van der Waals surface area contributed by atoms with Crippen LogP contribution in [0.4, 0.5) is 13.2 Å². The lowest BCUT2D eigenvalue weighted by molar-refractivity contribution is -0.174. The highest BCUT2D eigenvalue weighted by Gasteiger charge is 2.39. The van der Waals surface area contributed by atoms with Gasteiger partial charge in [0.2, 0.25) is 0 Å². The van der Waals surface area contributed by atoms with Crippen molar-refractivity contribution >= 4 is 5.91 Å². The van der Waals surface area contributed by atoms with E-state index in [0.29, 0.717) is 11.5 Å². The van der Waals surface area contributed by atoms with E-state index in [9.17, 15) is 18.0 Å². The first-order valence-corrected chi connectivity index (χ1v) is 5.69. The maximum atomic E-state index is 12.1. The fraction of sp³-hybridized carbons (Fsp3) is 0.462. The maximum Gasteiger partial charge on any atom is 0.471 e. The normalized spacial score (nSPS) is 13.5. The summed E-state index contributed by atoms with van der Waals surface area (Å²) in [5, 5.41) is 1.92. The molecular weight excluding hydrogens is 243 g/mol. The van der Waals surface area contributed by atoms with Crippen LogP contribution in [-0.2, 0) is 4.79 Å². The molecule has 1 aromatic carbocycles. The van der Waals surface area contributed by atoms with Gasteiger partial charge in [-0.1, -0.05) is 38.1 Å². The predicted octanol–water partition coefficient (Wildman–Crippen LogP) is 3.55. The summed E-state index contributed by atoms with van der Waals surface area (Å²) in [7, 11) is 0. The van der Waals surface area contributed by atoms with Gasteiger partial charge < -0.3 is 5.32 Å². The molecule has 0 fully saturated rings.